The Hall–Kier alpha value is -1.03. The van der Waals surface area contributed by atoms with Crippen molar-refractivity contribution in [1.29, 1.82) is 0 Å². The van der Waals surface area contributed by atoms with Crippen LogP contribution in [0.5, 0.6) is 0 Å². The molecule has 0 aromatic carbocycles. The van der Waals surface area contributed by atoms with Crippen molar-refractivity contribution in [3.8, 4) is 0 Å². The Kier molecular flexibility index (Phi) is 1.77. The lowest BCUT2D eigenvalue weighted by molar-refractivity contribution is 0.177. The van der Waals surface area contributed by atoms with E-state index in [1.54, 1.807) is 11.3 Å². The van der Waals surface area contributed by atoms with Gasteiger partial charge in [-0.05, 0) is 23.9 Å². The van der Waals surface area contributed by atoms with E-state index in [2.05, 4.69) is 16.8 Å². The number of amides is 1. The molecule has 1 saturated heterocycles. The van der Waals surface area contributed by atoms with Gasteiger partial charge >= 0.3 is 6.09 Å². The fourth-order valence-electron chi connectivity index (χ4n) is 1.17. The van der Waals surface area contributed by atoms with Crippen molar-refractivity contribution in [2.45, 2.75) is 13.0 Å². The molecule has 3 nitrogen and oxygen atoms in total. The maximum Gasteiger partial charge on any atom is 0.407 e. The number of hydrogen-bond donors (Lipinski definition) is 1. The molecule has 0 aliphatic carbocycles. The van der Waals surface area contributed by atoms with Crippen molar-refractivity contribution >= 4 is 17.4 Å². The van der Waals surface area contributed by atoms with Gasteiger partial charge in [-0.1, -0.05) is 0 Å². The topological polar surface area (TPSA) is 38.3 Å². The molecule has 0 saturated carbocycles. The highest BCUT2D eigenvalue weighted by Crippen LogP contribution is 2.24. The predicted octanol–water partition coefficient (Wildman–Crippen LogP) is 1.84. The van der Waals surface area contributed by atoms with Gasteiger partial charge in [-0.2, -0.15) is 0 Å². The van der Waals surface area contributed by atoms with E-state index in [4.69, 9.17) is 4.74 Å². The average Bonchev–Trinajstić information content (AvgIpc) is 2.58. The number of carbonyl (C=O) groups is 1. The fraction of sp³-hybridized carbons (Fsp3) is 0.375. The smallest absolute Gasteiger partial charge is 0.407 e. The van der Waals surface area contributed by atoms with E-state index in [1.807, 2.05) is 6.92 Å². The zero-order chi connectivity index (χ0) is 8.55. The SMILES string of the molecule is Cc1csc(C2COC(=O)N2)c1. The summed E-state index contributed by atoms with van der Waals surface area (Å²) in [4.78, 5) is 11.9. The van der Waals surface area contributed by atoms with Gasteiger partial charge in [0, 0.05) is 4.88 Å². The number of thiophene rings is 1. The highest BCUT2D eigenvalue weighted by molar-refractivity contribution is 7.10. The van der Waals surface area contributed by atoms with Crippen LogP contribution in [0.2, 0.25) is 0 Å². The van der Waals surface area contributed by atoms with E-state index in [0.717, 1.165) is 0 Å². The molecule has 1 amide bonds. The van der Waals surface area contributed by atoms with Crippen LogP contribution in [-0.2, 0) is 4.74 Å². The molecular weight excluding hydrogens is 174 g/mol. The van der Waals surface area contributed by atoms with Crippen molar-refractivity contribution in [3.05, 3.63) is 21.9 Å². The van der Waals surface area contributed by atoms with E-state index in [0.29, 0.717) is 6.61 Å². The summed E-state index contributed by atoms with van der Waals surface area (Å²) < 4.78 is 4.79. The molecule has 1 fully saturated rings. The molecule has 12 heavy (non-hydrogen) atoms. The van der Waals surface area contributed by atoms with E-state index >= 15 is 0 Å². The third-order valence-electron chi connectivity index (χ3n) is 1.77. The van der Waals surface area contributed by atoms with Crippen molar-refractivity contribution in [1.82, 2.24) is 5.32 Å². The van der Waals surface area contributed by atoms with Crippen LogP contribution in [0.3, 0.4) is 0 Å². The number of ether oxygens (including phenoxy) is 1. The minimum absolute atomic E-state index is 0.0659. The normalized spacial score (nSPS) is 22.1. The number of cyclic esters (lactones) is 1. The van der Waals surface area contributed by atoms with Crippen LogP contribution < -0.4 is 5.32 Å². The number of hydrogen-bond acceptors (Lipinski definition) is 3. The second-order valence-corrected chi connectivity index (χ2v) is 3.76. The van der Waals surface area contributed by atoms with Crippen LogP contribution in [0.15, 0.2) is 11.4 Å². The second-order valence-electron chi connectivity index (χ2n) is 2.82. The summed E-state index contributed by atoms with van der Waals surface area (Å²) in [6.07, 6.45) is -0.314. The van der Waals surface area contributed by atoms with Crippen LogP contribution >= 0.6 is 11.3 Å². The lowest BCUT2D eigenvalue weighted by atomic mass is 10.2. The summed E-state index contributed by atoms with van der Waals surface area (Å²) in [5, 5.41) is 4.80. The Morgan fingerprint density at radius 2 is 2.58 bits per heavy atom. The highest BCUT2D eigenvalue weighted by Gasteiger charge is 2.24. The van der Waals surface area contributed by atoms with Gasteiger partial charge in [-0.3, -0.25) is 0 Å². The largest absolute Gasteiger partial charge is 0.447 e. The van der Waals surface area contributed by atoms with Gasteiger partial charge in [-0.15, -0.1) is 11.3 Å². The number of carbonyl (C=O) groups excluding carboxylic acids is 1. The summed E-state index contributed by atoms with van der Waals surface area (Å²) in [5.41, 5.74) is 1.23. The minimum atomic E-state index is -0.314. The Labute approximate surface area is 74.4 Å². The minimum Gasteiger partial charge on any atom is -0.447 e. The fourth-order valence-corrected chi connectivity index (χ4v) is 2.11. The molecule has 4 heteroatoms. The Bertz CT molecular complexity index is 308. The molecule has 2 heterocycles. The monoisotopic (exact) mass is 183 g/mol. The Morgan fingerprint density at radius 1 is 1.75 bits per heavy atom. The first-order valence-electron chi connectivity index (χ1n) is 3.74. The first kappa shape index (κ1) is 7.61. The molecule has 64 valence electrons. The van der Waals surface area contributed by atoms with Crippen molar-refractivity contribution in [2.24, 2.45) is 0 Å². The van der Waals surface area contributed by atoms with E-state index in [1.165, 1.54) is 10.4 Å². The average molecular weight is 183 g/mol. The summed E-state index contributed by atoms with van der Waals surface area (Å²) >= 11 is 1.65. The second kappa shape index (κ2) is 2.79. The maximum atomic E-state index is 10.7. The lowest BCUT2D eigenvalue weighted by Gasteiger charge is -2.01. The van der Waals surface area contributed by atoms with Gasteiger partial charge in [0.1, 0.15) is 12.6 Å². The standard InChI is InChI=1S/C8H9NO2S/c1-5-2-7(12-4-5)6-3-11-8(10)9-6/h2,4,6H,3H2,1H3,(H,9,10). The van der Waals surface area contributed by atoms with Gasteiger partial charge in [0.2, 0.25) is 0 Å². The maximum absolute atomic E-state index is 10.7. The molecule has 1 N–H and O–H groups in total. The molecule has 0 radical (unpaired) electrons. The van der Waals surface area contributed by atoms with Crippen LogP contribution in [0.4, 0.5) is 4.79 Å². The van der Waals surface area contributed by atoms with E-state index < -0.39 is 0 Å². The van der Waals surface area contributed by atoms with E-state index in [9.17, 15) is 4.79 Å². The molecular formula is C8H9NO2S. The predicted molar refractivity (Wildman–Crippen MR) is 46.3 cm³/mol. The molecule has 1 aliphatic heterocycles. The summed E-state index contributed by atoms with van der Waals surface area (Å²) in [6, 6.07) is 2.14. The van der Waals surface area contributed by atoms with Gasteiger partial charge < -0.3 is 10.1 Å². The van der Waals surface area contributed by atoms with Crippen LogP contribution in [0.25, 0.3) is 0 Å². The quantitative estimate of drug-likeness (QED) is 0.721. The van der Waals surface area contributed by atoms with Crippen LogP contribution in [0.1, 0.15) is 16.5 Å². The number of nitrogens with one attached hydrogen (secondary N) is 1. The summed E-state index contributed by atoms with van der Waals surface area (Å²) in [7, 11) is 0. The molecule has 1 atom stereocenters. The summed E-state index contributed by atoms with van der Waals surface area (Å²) in [5.74, 6) is 0. The first-order chi connectivity index (χ1) is 5.75. The van der Waals surface area contributed by atoms with Crippen molar-refractivity contribution in [2.75, 3.05) is 6.61 Å². The zero-order valence-corrected chi connectivity index (χ0v) is 7.48. The number of aryl methyl sites for hydroxylation is 1. The van der Waals surface area contributed by atoms with Gasteiger partial charge in [0.25, 0.3) is 0 Å². The molecule has 1 aromatic rings. The van der Waals surface area contributed by atoms with Crippen molar-refractivity contribution < 1.29 is 9.53 Å². The van der Waals surface area contributed by atoms with Crippen LogP contribution in [-0.4, -0.2) is 12.7 Å². The Morgan fingerprint density at radius 3 is 3.08 bits per heavy atom. The number of alkyl carbamates (subject to hydrolysis) is 1. The molecule has 1 unspecified atom stereocenters. The summed E-state index contributed by atoms with van der Waals surface area (Å²) in [6.45, 7) is 2.50. The van der Waals surface area contributed by atoms with Crippen molar-refractivity contribution in [3.63, 3.8) is 0 Å². The molecule has 2 rings (SSSR count). The molecule has 1 aliphatic rings. The molecule has 0 bridgehead atoms. The van der Waals surface area contributed by atoms with Gasteiger partial charge in [0.05, 0.1) is 0 Å². The Balaban J connectivity index is 2.15. The van der Waals surface area contributed by atoms with E-state index in [-0.39, 0.29) is 12.1 Å². The van der Waals surface area contributed by atoms with Crippen LogP contribution in [0, 0.1) is 6.92 Å². The number of rotatable bonds is 1. The van der Waals surface area contributed by atoms with Gasteiger partial charge in [0.15, 0.2) is 0 Å². The lowest BCUT2D eigenvalue weighted by Crippen LogP contribution is -2.17. The third-order valence-corrected chi connectivity index (χ3v) is 2.93. The highest BCUT2D eigenvalue weighted by atomic mass is 32.1. The van der Waals surface area contributed by atoms with Gasteiger partial charge in [-0.25, -0.2) is 4.79 Å². The molecule has 1 aromatic heterocycles. The zero-order valence-electron chi connectivity index (χ0n) is 6.66. The molecule has 0 spiro atoms. The first-order valence-corrected chi connectivity index (χ1v) is 4.62. The third kappa shape index (κ3) is 1.30.